The van der Waals surface area contributed by atoms with Crippen molar-refractivity contribution in [3.63, 3.8) is 0 Å². The van der Waals surface area contributed by atoms with Gasteiger partial charge in [-0.2, -0.15) is 0 Å². The number of hydrogen-bond acceptors (Lipinski definition) is 5. The van der Waals surface area contributed by atoms with E-state index in [9.17, 15) is 9.59 Å². The van der Waals surface area contributed by atoms with Crippen LogP contribution in [0.15, 0.2) is 4.99 Å². The van der Waals surface area contributed by atoms with Gasteiger partial charge in [-0.05, 0) is 41.5 Å². The molecule has 0 aliphatic rings. The second kappa shape index (κ2) is 12.8. The molecule has 0 saturated carbocycles. The van der Waals surface area contributed by atoms with Crippen LogP contribution in [0.1, 0.15) is 41.5 Å². The van der Waals surface area contributed by atoms with Crippen molar-refractivity contribution in [2.45, 2.75) is 52.7 Å². The molecule has 27 heavy (non-hydrogen) atoms. The first-order valence-electron chi connectivity index (χ1n) is 8.69. The van der Waals surface area contributed by atoms with E-state index in [1.165, 1.54) is 4.90 Å². The molecule has 0 aliphatic heterocycles. The number of aliphatic imine (C=N–C) groups is 1. The van der Waals surface area contributed by atoms with Crippen LogP contribution in [0.5, 0.6) is 0 Å². The van der Waals surface area contributed by atoms with Crippen molar-refractivity contribution in [3.05, 3.63) is 0 Å². The van der Waals surface area contributed by atoms with Crippen LogP contribution < -0.4 is 16.0 Å². The lowest BCUT2D eigenvalue weighted by Crippen LogP contribution is -2.45. The predicted octanol–water partition coefficient (Wildman–Crippen LogP) is 2.16. The number of amides is 2. The molecule has 9 nitrogen and oxygen atoms in total. The molecule has 2 amide bonds. The zero-order valence-electron chi connectivity index (χ0n) is 17.8. The Morgan fingerprint density at radius 2 is 1.37 bits per heavy atom. The number of carbonyl (C=O) groups excluding carboxylic acids is 2. The summed E-state index contributed by atoms with van der Waals surface area (Å²) in [6, 6.07) is 0. The maximum Gasteiger partial charge on any atom is 0.410 e. The largest absolute Gasteiger partial charge is 0.444 e. The third-order valence-electron chi connectivity index (χ3n) is 2.75. The molecule has 0 aliphatic carbocycles. The Labute approximate surface area is 180 Å². The summed E-state index contributed by atoms with van der Waals surface area (Å²) in [5.41, 5.74) is -1.03. The zero-order chi connectivity index (χ0) is 20.4. The molecule has 0 fully saturated rings. The van der Waals surface area contributed by atoms with Crippen LogP contribution in [0.3, 0.4) is 0 Å². The Morgan fingerprint density at radius 3 is 1.85 bits per heavy atom. The molecule has 0 aromatic heterocycles. The fraction of sp³-hybridized carbons (Fsp3) is 0.824. The number of likely N-dealkylation sites (N-methyl/N-ethyl adjacent to an activating group) is 1. The monoisotopic (exact) mass is 501 g/mol. The Balaban J connectivity index is 0. The molecular weight excluding hydrogens is 465 g/mol. The van der Waals surface area contributed by atoms with Gasteiger partial charge >= 0.3 is 12.2 Å². The maximum atomic E-state index is 11.9. The Morgan fingerprint density at radius 1 is 0.889 bits per heavy atom. The first-order valence-corrected chi connectivity index (χ1v) is 8.69. The first-order chi connectivity index (χ1) is 11.8. The Hall–Kier alpha value is -1.46. The van der Waals surface area contributed by atoms with Gasteiger partial charge in [0, 0.05) is 40.3 Å². The number of nitrogens with one attached hydrogen (secondary N) is 3. The van der Waals surface area contributed by atoms with Crippen LogP contribution in [0.25, 0.3) is 0 Å². The molecule has 0 aromatic carbocycles. The smallest absolute Gasteiger partial charge is 0.410 e. The quantitative estimate of drug-likeness (QED) is 0.223. The second-order valence-corrected chi connectivity index (χ2v) is 7.76. The summed E-state index contributed by atoms with van der Waals surface area (Å²) in [6.45, 7) is 12.8. The molecule has 0 rings (SSSR count). The molecule has 0 aromatic rings. The van der Waals surface area contributed by atoms with Gasteiger partial charge in [0.15, 0.2) is 5.96 Å². The fourth-order valence-corrected chi connectivity index (χ4v) is 1.65. The highest BCUT2D eigenvalue weighted by molar-refractivity contribution is 14.0. The molecule has 0 atom stereocenters. The van der Waals surface area contributed by atoms with E-state index < -0.39 is 17.3 Å². The summed E-state index contributed by atoms with van der Waals surface area (Å²) in [5.74, 6) is 0.577. The lowest BCUT2D eigenvalue weighted by atomic mass is 10.2. The van der Waals surface area contributed by atoms with Crippen molar-refractivity contribution in [3.8, 4) is 0 Å². The van der Waals surface area contributed by atoms with E-state index in [4.69, 9.17) is 9.47 Å². The Bertz CT molecular complexity index is 487. The third-order valence-corrected chi connectivity index (χ3v) is 2.75. The lowest BCUT2D eigenvalue weighted by Gasteiger charge is -2.25. The Kier molecular flexibility index (Phi) is 13.2. The normalized spacial score (nSPS) is 11.8. The molecule has 160 valence electrons. The molecule has 0 unspecified atom stereocenters. The van der Waals surface area contributed by atoms with E-state index in [1.54, 1.807) is 14.1 Å². The number of alkyl carbamates (subject to hydrolysis) is 1. The van der Waals surface area contributed by atoms with E-state index >= 15 is 0 Å². The highest BCUT2D eigenvalue weighted by Gasteiger charge is 2.19. The standard InChI is InChI=1S/C17H35N5O4.HI/c1-16(2,3)25-14(23)21-10-9-19-13(18-7)20-11-12-22(8)15(24)26-17(4,5)6;/h9-12H2,1-8H3,(H,21,23)(H2,18,19,20);1H. The van der Waals surface area contributed by atoms with Crippen LogP contribution in [-0.4, -0.2) is 74.5 Å². The highest BCUT2D eigenvalue weighted by atomic mass is 127. The van der Waals surface area contributed by atoms with E-state index in [0.717, 1.165) is 0 Å². The summed E-state index contributed by atoms with van der Waals surface area (Å²) in [7, 11) is 3.32. The first kappa shape index (κ1) is 27.8. The van der Waals surface area contributed by atoms with Crippen molar-refractivity contribution in [2.75, 3.05) is 40.3 Å². The summed E-state index contributed by atoms with van der Waals surface area (Å²) in [6.07, 6.45) is -0.829. The lowest BCUT2D eigenvalue weighted by molar-refractivity contribution is 0.0301. The van der Waals surface area contributed by atoms with Crippen molar-refractivity contribution >= 4 is 42.1 Å². The van der Waals surface area contributed by atoms with Gasteiger partial charge in [-0.15, -0.1) is 24.0 Å². The van der Waals surface area contributed by atoms with Crippen LogP contribution in [0, 0.1) is 0 Å². The van der Waals surface area contributed by atoms with Crippen LogP contribution in [0.2, 0.25) is 0 Å². The van der Waals surface area contributed by atoms with E-state index in [1.807, 2.05) is 41.5 Å². The van der Waals surface area contributed by atoms with Gasteiger partial charge in [-0.25, -0.2) is 9.59 Å². The highest BCUT2D eigenvalue weighted by Crippen LogP contribution is 2.08. The minimum absolute atomic E-state index is 0. The zero-order valence-corrected chi connectivity index (χ0v) is 20.1. The van der Waals surface area contributed by atoms with Gasteiger partial charge in [0.05, 0.1) is 0 Å². The minimum Gasteiger partial charge on any atom is -0.444 e. The molecule has 0 heterocycles. The van der Waals surface area contributed by atoms with Crippen LogP contribution in [-0.2, 0) is 9.47 Å². The number of halogens is 1. The van der Waals surface area contributed by atoms with Crippen molar-refractivity contribution in [2.24, 2.45) is 4.99 Å². The van der Waals surface area contributed by atoms with Gasteiger partial charge in [0.1, 0.15) is 11.2 Å². The van der Waals surface area contributed by atoms with E-state index in [0.29, 0.717) is 32.1 Å². The average Bonchev–Trinajstić information content (AvgIpc) is 2.45. The second-order valence-electron chi connectivity index (χ2n) is 7.76. The van der Waals surface area contributed by atoms with Crippen LogP contribution >= 0.6 is 24.0 Å². The molecule has 0 radical (unpaired) electrons. The molecule has 10 heteroatoms. The number of nitrogens with zero attached hydrogens (tertiary/aromatic N) is 2. The molecule has 0 spiro atoms. The van der Waals surface area contributed by atoms with Crippen molar-refractivity contribution in [1.29, 1.82) is 0 Å². The van der Waals surface area contributed by atoms with Gasteiger partial charge in [-0.3, -0.25) is 4.99 Å². The van der Waals surface area contributed by atoms with Gasteiger partial charge in [0.25, 0.3) is 0 Å². The van der Waals surface area contributed by atoms with E-state index in [2.05, 4.69) is 20.9 Å². The van der Waals surface area contributed by atoms with E-state index in [-0.39, 0.29) is 30.1 Å². The number of carbonyl (C=O) groups is 2. The maximum absolute atomic E-state index is 11.9. The fourth-order valence-electron chi connectivity index (χ4n) is 1.65. The molecular formula is C17H36IN5O4. The molecule has 0 bridgehead atoms. The number of rotatable bonds is 6. The van der Waals surface area contributed by atoms with Gasteiger partial charge in [0.2, 0.25) is 0 Å². The van der Waals surface area contributed by atoms with Crippen LogP contribution in [0.4, 0.5) is 9.59 Å². The summed E-state index contributed by atoms with van der Waals surface area (Å²) in [5, 5.41) is 8.81. The molecule has 0 saturated heterocycles. The number of hydrogen-bond donors (Lipinski definition) is 3. The van der Waals surface area contributed by atoms with Crippen molar-refractivity contribution in [1.82, 2.24) is 20.9 Å². The third kappa shape index (κ3) is 16.4. The summed E-state index contributed by atoms with van der Waals surface area (Å²) < 4.78 is 10.4. The molecule has 3 N–H and O–H groups in total. The predicted molar refractivity (Wildman–Crippen MR) is 118 cm³/mol. The number of guanidine groups is 1. The summed E-state index contributed by atoms with van der Waals surface area (Å²) >= 11 is 0. The van der Waals surface area contributed by atoms with Gasteiger partial charge < -0.3 is 30.3 Å². The number of ether oxygens (including phenoxy) is 2. The SMILES string of the molecule is CN=C(NCCNC(=O)OC(C)(C)C)NCCN(C)C(=O)OC(C)(C)C.I. The van der Waals surface area contributed by atoms with Crippen molar-refractivity contribution < 1.29 is 19.1 Å². The summed E-state index contributed by atoms with van der Waals surface area (Å²) in [4.78, 5) is 29.0. The average molecular weight is 501 g/mol. The topological polar surface area (TPSA) is 104 Å². The minimum atomic E-state index is -0.519. The van der Waals surface area contributed by atoms with Gasteiger partial charge in [-0.1, -0.05) is 0 Å².